The highest BCUT2D eigenvalue weighted by Crippen LogP contribution is 2.44. The first-order chi connectivity index (χ1) is 14.0. The molecule has 0 spiro atoms. The highest BCUT2D eigenvalue weighted by atomic mass is 35.5. The molecule has 0 saturated carbocycles. The van der Waals surface area contributed by atoms with E-state index < -0.39 is 0 Å². The van der Waals surface area contributed by atoms with Gasteiger partial charge >= 0.3 is 0 Å². The second kappa shape index (κ2) is 10.8. The molecule has 1 heterocycles. The maximum atomic E-state index is 13.4. The molecule has 0 radical (unpaired) electrons. The van der Waals surface area contributed by atoms with Crippen LogP contribution in [0.15, 0.2) is 77.7 Å². The second-order valence-corrected chi connectivity index (χ2v) is 7.77. The molecule has 2 aromatic carbocycles. The molecule has 1 aliphatic carbocycles. The Morgan fingerprint density at radius 2 is 1.77 bits per heavy atom. The Kier molecular flexibility index (Phi) is 8.67. The van der Waals surface area contributed by atoms with Crippen LogP contribution in [-0.4, -0.2) is 39.2 Å². The molecule has 6 heteroatoms. The molecule has 31 heavy (non-hydrogen) atoms. The molecular formula is C25H27Cl2FN2O. The van der Waals surface area contributed by atoms with Crippen LogP contribution >= 0.6 is 12.4 Å². The number of allylic oxidation sites excluding steroid dienone is 4. The number of hydrogen-bond donors (Lipinski definition) is 0. The first kappa shape index (κ1) is 24.9. The topological polar surface area (TPSA) is 15.7 Å². The summed E-state index contributed by atoms with van der Waals surface area (Å²) in [6, 6.07) is 15.3. The van der Waals surface area contributed by atoms with Gasteiger partial charge in [-0.05, 0) is 49.8 Å². The number of likely N-dealkylation sites (N-methyl/N-ethyl adjacent to an activating group) is 2. The van der Waals surface area contributed by atoms with Gasteiger partial charge in [0.15, 0.2) is 11.3 Å². The van der Waals surface area contributed by atoms with Crippen LogP contribution < -0.4 is 17.3 Å². The van der Waals surface area contributed by atoms with Gasteiger partial charge in [0.2, 0.25) is 0 Å². The van der Waals surface area contributed by atoms with Crippen molar-refractivity contribution >= 4 is 18.1 Å². The van der Waals surface area contributed by atoms with Crippen LogP contribution in [0.4, 0.5) is 10.1 Å². The van der Waals surface area contributed by atoms with E-state index in [0.717, 1.165) is 35.6 Å². The zero-order valence-electron chi connectivity index (χ0n) is 17.9. The maximum Gasteiger partial charge on any atom is 0.289 e. The number of hydrogen-bond acceptors (Lipinski definition) is 3. The van der Waals surface area contributed by atoms with Crippen molar-refractivity contribution in [2.75, 3.05) is 39.2 Å². The van der Waals surface area contributed by atoms with Gasteiger partial charge in [0.1, 0.15) is 12.4 Å². The molecule has 1 aliphatic heterocycles. The third kappa shape index (κ3) is 5.47. The van der Waals surface area contributed by atoms with Crippen LogP contribution in [0.25, 0.3) is 0 Å². The van der Waals surface area contributed by atoms with Gasteiger partial charge in [0.05, 0.1) is 29.8 Å². The Morgan fingerprint density at radius 1 is 1.06 bits per heavy atom. The molecule has 0 amide bonds. The summed E-state index contributed by atoms with van der Waals surface area (Å²) in [5.74, 6) is 0.698. The van der Waals surface area contributed by atoms with Crippen LogP contribution in [-0.2, 0) is 11.2 Å². The number of nitrogens with zero attached hydrogens (tertiary/aromatic N) is 2. The van der Waals surface area contributed by atoms with E-state index in [1.165, 1.54) is 23.4 Å². The lowest BCUT2D eigenvalue weighted by Gasteiger charge is -2.31. The third-order valence-corrected chi connectivity index (χ3v) is 5.46. The average Bonchev–Trinajstić information content (AvgIpc) is 2.72. The molecule has 0 N–H and O–H groups in total. The maximum absolute atomic E-state index is 13.4. The zero-order valence-corrected chi connectivity index (χ0v) is 19.5. The second-order valence-electron chi connectivity index (χ2n) is 7.77. The number of rotatable bonds is 6. The zero-order chi connectivity index (χ0) is 20.4. The Hall–Kier alpha value is -2.36. The largest absolute Gasteiger partial charge is 1.00 e. The fraction of sp³-hybridized carbons (Fsp3) is 0.280. The summed E-state index contributed by atoms with van der Waals surface area (Å²) in [6.45, 7) is 1.48. The van der Waals surface area contributed by atoms with Crippen molar-refractivity contribution in [3.63, 3.8) is 0 Å². The molecule has 0 aromatic heterocycles. The van der Waals surface area contributed by atoms with Gasteiger partial charge in [0.25, 0.3) is 5.76 Å². The molecule has 1 atom stereocenters. The van der Waals surface area contributed by atoms with Crippen molar-refractivity contribution in [2.24, 2.45) is 0 Å². The number of ether oxygens (including phenoxy) is 1. The van der Waals surface area contributed by atoms with E-state index in [-0.39, 0.29) is 36.5 Å². The van der Waals surface area contributed by atoms with E-state index in [9.17, 15) is 4.39 Å². The van der Waals surface area contributed by atoms with Crippen molar-refractivity contribution in [2.45, 2.75) is 12.3 Å². The minimum absolute atomic E-state index is 0. The molecular weight excluding hydrogens is 434 g/mol. The summed E-state index contributed by atoms with van der Waals surface area (Å²) in [5, 5.41) is 0. The van der Waals surface area contributed by atoms with Gasteiger partial charge in [-0.2, -0.15) is 0 Å². The fourth-order valence-electron chi connectivity index (χ4n) is 3.90. The van der Waals surface area contributed by atoms with Crippen LogP contribution in [0.2, 0.25) is 0 Å². The summed E-state index contributed by atoms with van der Waals surface area (Å²) < 4.78 is 19.3. The van der Waals surface area contributed by atoms with Crippen molar-refractivity contribution < 1.29 is 21.5 Å². The number of anilines is 1. The highest BCUT2D eigenvalue weighted by Gasteiger charge is 2.37. The lowest BCUT2D eigenvalue weighted by Crippen LogP contribution is -3.00. The Labute approximate surface area is 196 Å². The molecule has 1 unspecified atom stereocenters. The summed E-state index contributed by atoms with van der Waals surface area (Å²) in [5.41, 5.74) is 5.82. The van der Waals surface area contributed by atoms with Gasteiger partial charge in [-0.1, -0.05) is 30.3 Å². The number of halogens is 3. The quantitative estimate of drug-likeness (QED) is 0.614. The van der Waals surface area contributed by atoms with Crippen molar-refractivity contribution in [3.8, 4) is 0 Å². The summed E-state index contributed by atoms with van der Waals surface area (Å²) in [4.78, 5) is 4.31. The monoisotopic (exact) mass is 460 g/mol. The van der Waals surface area contributed by atoms with Gasteiger partial charge in [-0.25, -0.2) is 4.39 Å². The van der Waals surface area contributed by atoms with E-state index in [4.69, 9.17) is 4.74 Å². The van der Waals surface area contributed by atoms with Crippen LogP contribution in [0.1, 0.15) is 17.0 Å². The normalized spacial score (nSPS) is 16.5. The average molecular weight is 461 g/mol. The lowest BCUT2D eigenvalue weighted by molar-refractivity contribution is -0.00000746. The van der Waals surface area contributed by atoms with Crippen molar-refractivity contribution in [1.29, 1.82) is 0 Å². The molecule has 0 saturated heterocycles. The van der Waals surface area contributed by atoms with Gasteiger partial charge < -0.3 is 22.0 Å². The van der Waals surface area contributed by atoms with Gasteiger partial charge in [0, 0.05) is 13.6 Å². The molecule has 2 aliphatic rings. The Morgan fingerprint density at radius 3 is 2.48 bits per heavy atom. The van der Waals surface area contributed by atoms with Crippen molar-refractivity contribution in [1.82, 2.24) is 4.90 Å². The molecule has 2 aromatic rings. The molecule has 164 valence electrons. The first-order valence-corrected chi connectivity index (χ1v) is 9.94. The van der Waals surface area contributed by atoms with Crippen LogP contribution in [0, 0.1) is 11.9 Å². The summed E-state index contributed by atoms with van der Waals surface area (Å²) in [7, 11) is 6.15. The van der Waals surface area contributed by atoms with Crippen molar-refractivity contribution in [3.05, 3.63) is 101 Å². The lowest BCUT2D eigenvalue weighted by atomic mass is 9.79. The third-order valence-electron chi connectivity index (χ3n) is 5.46. The minimum atomic E-state index is -0.207. The highest BCUT2D eigenvalue weighted by molar-refractivity contribution is 5.85. The standard InChI is InChI=1S/C25H26FN2O.2ClH/c1-27(2)14-15-29-20-12-13-25-23(17-20)22(16-18-8-10-19(26)11-9-18)21-6-4-5-7-24(21)28(25)3;;/h4-13,22H,14-16H2,1-3H3;2*1H/q+1;;/p-1. The van der Waals surface area contributed by atoms with Gasteiger partial charge in [-0.3, -0.25) is 4.90 Å². The Bertz CT molecular complexity index is 983. The Balaban J connectivity index is 0.00000171. The summed E-state index contributed by atoms with van der Waals surface area (Å²) in [6.07, 6.45) is 8.43. The van der Waals surface area contributed by atoms with E-state index in [1.807, 2.05) is 32.3 Å². The minimum Gasteiger partial charge on any atom is -1.00 e. The molecule has 0 fully saturated rings. The summed E-state index contributed by atoms with van der Waals surface area (Å²) >= 11 is 0. The van der Waals surface area contributed by atoms with E-state index >= 15 is 0 Å². The van der Waals surface area contributed by atoms with Crippen LogP contribution in [0.5, 0.6) is 0 Å². The number of para-hydroxylation sites is 1. The predicted octanol–water partition coefficient (Wildman–Crippen LogP) is 2.12. The van der Waals surface area contributed by atoms with Gasteiger partial charge in [-0.15, -0.1) is 12.4 Å². The van der Waals surface area contributed by atoms with E-state index in [2.05, 4.69) is 53.3 Å². The molecule has 0 bridgehead atoms. The smallest absolute Gasteiger partial charge is 0.289 e. The predicted molar refractivity (Wildman–Crippen MR) is 122 cm³/mol. The van der Waals surface area contributed by atoms with E-state index in [0.29, 0.717) is 6.61 Å². The first-order valence-electron chi connectivity index (χ1n) is 9.94. The van der Waals surface area contributed by atoms with E-state index in [1.54, 1.807) is 0 Å². The molecule has 4 rings (SSSR count). The number of fused-ring (bicyclic) bond motifs is 1. The molecule has 3 nitrogen and oxygen atoms in total. The SMILES string of the molecule is CN(C)CCOC1=[C+]C2=C(C=C1)N(C)c1ccccc1C2Cc1ccc(F)cc1.Cl.[Cl-]. The number of benzene rings is 2. The van der Waals surface area contributed by atoms with Crippen LogP contribution in [0.3, 0.4) is 0 Å². The fourth-order valence-corrected chi connectivity index (χ4v) is 3.90.